The molecule has 0 bridgehead atoms. The average Bonchev–Trinajstić information content (AvgIpc) is 3.40. The van der Waals surface area contributed by atoms with Gasteiger partial charge in [0.25, 0.3) is 0 Å². The molecule has 0 saturated heterocycles. The van der Waals surface area contributed by atoms with E-state index in [0.717, 1.165) is 35.5 Å². The molecule has 0 amide bonds. The summed E-state index contributed by atoms with van der Waals surface area (Å²) in [6.45, 7) is 0. The van der Waals surface area contributed by atoms with Crippen LogP contribution in [0.2, 0.25) is 0 Å². The molecule has 0 fully saturated rings. The first-order chi connectivity index (χ1) is 32.4. The van der Waals surface area contributed by atoms with Gasteiger partial charge in [-0.15, -0.1) is 0 Å². The Labute approximate surface area is 377 Å². The maximum Gasteiger partial charge on any atom is 0.150 e. The zero-order chi connectivity index (χ0) is 45.3. The number of rotatable bonds is 12. The molecule has 0 radical (unpaired) electrons. The number of aldehydes is 3. The fourth-order valence-corrected chi connectivity index (χ4v) is 7.91. The third-order valence-corrected chi connectivity index (χ3v) is 11.4. The van der Waals surface area contributed by atoms with E-state index in [-0.39, 0.29) is 0 Å². The zero-order valence-corrected chi connectivity index (χ0v) is 35.7. The van der Waals surface area contributed by atoms with E-state index in [9.17, 15) is 14.4 Å². The minimum atomic E-state index is 0.395. The number of carbonyl (C=O) groups is 3. The Kier molecular flexibility index (Phi) is 10.7. The van der Waals surface area contributed by atoms with Gasteiger partial charge in [-0.2, -0.15) is 0 Å². The SMILES string of the molecule is COc1ccc(-c2nc3c(nc2-c2ccc(C=O)cc2)c2nc(-c4ccc(C=O)cc4)c(-c4ccc(C=O)cc4)nc2c2nc(-c4ccc(OC)cc4)c(-c4ccc(OC)cc4)nc32)cc1. The fraction of sp³-hybridized carbons (Fsp3) is 0.0556. The van der Waals surface area contributed by atoms with Crippen LogP contribution in [0.25, 0.3) is 101 Å². The summed E-state index contributed by atoms with van der Waals surface area (Å²) in [5.41, 5.74) is 11.5. The number of fused-ring (bicyclic) bond motifs is 6. The molecule has 66 heavy (non-hydrogen) atoms. The molecule has 0 N–H and O–H groups in total. The molecule has 0 aliphatic carbocycles. The summed E-state index contributed by atoms with van der Waals surface area (Å²) in [7, 11) is 4.84. The van der Waals surface area contributed by atoms with Gasteiger partial charge >= 0.3 is 0 Å². The van der Waals surface area contributed by atoms with Gasteiger partial charge in [-0.3, -0.25) is 14.4 Å². The van der Waals surface area contributed by atoms with Crippen molar-refractivity contribution < 1.29 is 28.6 Å². The molecule has 10 rings (SSSR count). The van der Waals surface area contributed by atoms with Gasteiger partial charge in [-0.05, 0) is 72.8 Å². The Balaban J connectivity index is 1.39. The third-order valence-electron chi connectivity index (χ3n) is 11.4. The fourth-order valence-electron chi connectivity index (χ4n) is 7.91. The lowest BCUT2D eigenvalue weighted by Crippen LogP contribution is -2.04. The summed E-state index contributed by atoms with van der Waals surface area (Å²) in [6.07, 6.45) is 2.36. The molecule has 12 heteroatoms. The first kappa shape index (κ1) is 41.0. The molecular weight excluding hydrogens is 829 g/mol. The number of benzene rings is 7. The molecular formula is C54H36N6O6. The van der Waals surface area contributed by atoms with E-state index < -0.39 is 0 Å². The average molecular weight is 865 g/mol. The zero-order valence-electron chi connectivity index (χ0n) is 35.7. The van der Waals surface area contributed by atoms with E-state index in [4.69, 9.17) is 44.1 Å². The number of aromatic nitrogens is 6. The monoisotopic (exact) mass is 864 g/mol. The van der Waals surface area contributed by atoms with Gasteiger partial charge < -0.3 is 14.2 Å². The van der Waals surface area contributed by atoms with E-state index in [1.807, 2.05) is 109 Å². The molecule has 0 spiro atoms. The predicted molar refractivity (Wildman–Crippen MR) is 254 cm³/mol. The standard InChI is InChI=1S/C54H36N6O6/c1-64-40-22-16-37(17-23-40)46-45(36-14-8-33(30-63)9-15-36)57-51-49-50(56-44(35-12-6-32(29-62)7-13-35)43(55-49)34-10-4-31(28-61)5-11-34)53-54(52(51)58-46)60-48(39-20-26-42(66-3)27-21-39)47(59-53)38-18-24-41(65-2)25-19-38/h4-30H,1-3H3. The minimum Gasteiger partial charge on any atom is -0.497 e. The Bertz CT molecular complexity index is 3470. The lowest BCUT2D eigenvalue weighted by atomic mass is 10.00. The lowest BCUT2D eigenvalue weighted by Gasteiger charge is -2.17. The van der Waals surface area contributed by atoms with Gasteiger partial charge in [0.05, 0.1) is 55.5 Å². The van der Waals surface area contributed by atoms with Gasteiger partial charge in [0.2, 0.25) is 0 Å². The topological polar surface area (TPSA) is 156 Å². The van der Waals surface area contributed by atoms with Crippen LogP contribution >= 0.6 is 0 Å². The summed E-state index contributed by atoms with van der Waals surface area (Å²) < 4.78 is 16.6. The Hall–Kier alpha value is -9.03. The Morgan fingerprint density at radius 1 is 0.273 bits per heavy atom. The maximum atomic E-state index is 11.8. The summed E-state index contributed by atoms with van der Waals surface area (Å²) in [5.74, 6) is 2.03. The molecule has 0 saturated carbocycles. The largest absolute Gasteiger partial charge is 0.497 e. The molecule has 0 unspecified atom stereocenters. The first-order valence-corrected chi connectivity index (χ1v) is 20.8. The summed E-state index contributed by atoms with van der Waals surface area (Å²) in [5, 5.41) is 0. The Morgan fingerprint density at radius 2 is 0.439 bits per heavy atom. The molecule has 0 atom stereocenters. The number of hydrogen-bond acceptors (Lipinski definition) is 12. The summed E-state index contributed by atoms with van der Waals surface area (Å²) in [6, 6.07) is 44.1. The highest BCUT2D eigenvalue weighted by molar-refractivity contribution is 6.20. The van der Waals surface area contributed by atoms with Crippen molar-refractivity contribution in [3.8, 4) is 84.8 Å². The number of ether oxygens (including phenoxy) is 3. The number of nitrogens with zero attached hydrogens (tertiary/aromatic N) is 6. The van der Waals surface area contributed by atoms with Crippen LogP contribution in [-0.2, 0) is 0 Å². The second kappa shape index (κ2) is 17.3. The van der Waals surface area contributed by atoms with Crippen molar-refractivity contribution in [2.45, 2.75) is 0 Å². The van der Waals surface area contributed by atoms with Crippen LogP contribution in [0.15, 0.2) is 146 Å². The van der Waals surface area contributed by atoms with E-state index in [1.54, 1.807) is 57.7 Å². The van der Waals surface area contributed by atoms with E-state index >= 15 is 0 Å². The van der Waals surface area contributed by atoms with Gasteiger partial charge in [-0.25, -0.2) is 29.9 Å². The van der Waals surface area contributed by atoms with Crippen LogP contribution in [0, 0.1) is 0 Å². The minimum absolute atomic E-state index is 0.395. The Morgan fingerprint density at radius 3 is 0.591 bits per heavy atom. The number of hydrogen-bond donors (Lipinski definition) is 0. The van der Waals surface area contributed by atoms with Crippen molar-refractivity contribution in [3.05, 3.63) is 162 Å². The van der Waals surface area contributed by atoms with Crippen LogP contribution in [-0.4, -0.2) is 70.1 Å². The first-order valence-electron chi connectivity index (χ1n) is 20.8. The highest BCUT2D eigenvalue weighted by atomic mass is 16.5. The van der Waals surface area contributed by atoms with Crippen molar-refractivity contribution in [2.75, 3.05) is 21.3 Å². The molecule has 0 aliphatic heterocycles. The molecule has 10 aromatic rings. The molecule has 318 valence electrons. The van der Waals surface area contributed by atoms with E-state index in [0.29, 0.717) is 118 Å². The highest BCUT2D eigenvalue weighted by Crippen LogP contribution is 2.42. The molecule has 3 heterocycles. The normalized spacial score (nSPS) is 11.1. The van der Waals surface area contributed by atoms with Crippen LogP contribution in [0.3, 0.4) is 0 Å². The molecule has 3 aromatic heterocycles. The van der Waals surface area contributed by atoms with Crippen molar-refractivity contribution in [1.82, 2.24) is 29.9 Å². The molecule has 0 aliphatic rings. The predicted octanol–water partition coefficient (Wildman–Crippen LogP) is 11.0. The smallest absolute Gasteiger partial charge is 0.150 e. The third kappa shape index (κ3) is 7.41. The summed E-state index contributed by atoms with van der Waals surface area (Å²) in [4.78, 5) is 68.1. The quantitative estimate of drug-likeness (QED) is 0.0847. The second-order valence-corrected chi connectivity index (χ2v) is 15.3. The van der Waals surface area contributed by atoms with Crippen molar-refractivity contribution in [2.24, 2.45) is 0 Å². The second-order valence-electron chi connectivity index (χ2n) is 15.3. The molecule has 12 nitrogen and oxygen atoms in total. The van der Waals surface area contributed by atoms with Crippen LogP contribution < -0.4 is 14.2 Å². The molecule has 7 aromatic carbocycles. The number of carbonyl (C=O) groups excluding carboxylic acids is 3. The van der Waals surface area contributed by atoms with Crippen LogP contribution in [0.1, 0.15) is 31.1 Å². The lowest BCUT2D eigenvalue weighted by molar-refractivity contribution is 0.111. The van der Waals surface area contributed by atoms with Gasteiger partial charge in [-0.1, -0.05) is 72.8 Å². The number of methoxy groups -OCH3 is 3. The van der Waals surface area contributed by atoms with Gasteiger partial charge in [0.1, 0.15) is 69.2 Å². The maximum absolute atomic E-state index is 11.8. The van der Waals surface area contributed by atoms with E-state index in [2.05, 4.69) is 0 Å². The van der Waals surface area contributed by atoms with Crippen molar-refractivity contribution in [1.29, 1.82) is 0 Å². The van der Waals surface area contributed by atoms with Gasteiger partial charge in [0, 0.05) is 50.1 Å². The highest BCUT2D eigenvalue weighted by Gasteiger charge is 2.26. The summed E-state index contributed by atoms with van der Waals surface area (Å²) >= 11 is 0. The van der Waals surface area contributed by atoms with E-state index in [1.165, 1.54) is 0 Å². The van der Waals surface area contributed by atoms with Gasteiger partial charge in [0.15, 0.2) is 0 Å². The van der Waals surface area contributed by atoms with Crippen molar-refractivity contribution >= 4 is 52.0 Å². The van der Waals surface area contributed by atoms with Crippen LogP contribution in [0.4, 0.5) is 0 Å². The van der Waals surface area contributed by atoms with Crippen LogP contribution in [0.5, 0.6) is 17.2 Å². The van der Waals surface area contributed by atoms with Crippen molar-refractivity contribution in [3.63, 3.8) is 0 Å².